The third-order valence-electron chi connectivity index (χ3n) is 3.61. The van der Waals surface area contributed by atoms with Crippen LogP contribution in [-0.4, -0.2) is 29.4 Å². The molecule has 0 radical (unpaired) electrons. The molecule has 1 amide bonds. The maximum atomic E-state index is 12.3. The fourth-order valence-electron chi connectivity index (χ4n) is 2.43. The lowest BCUT2D eigenvalue weighted by Crippen LogP contribution is -2.38. The normalized spacial score (nSPS) is 19.4. The summed E-state index contributed by atoms with van der Waals surface area (Å²) in [5, 5.41) is 0. The quantitative estimate of drug-likeness (QED) is 0.620. The topological polar surface area (TPSA) is 46.3 Å². The molecule has 1 unspecified atom stereocenters. The van der Waals surface area contributed by atoms with Gasteiger partial charge in [-0.3, -0.25) is 4.79 Å². The summed E-state index contributed by atoms with van der Waals surface area (Å²) < 4.78 is 0. The third kappa shape index (κ3) is 4.62. The number of rotatable bonds is 4. The first kappa shape index (κ1) is 14.4. The summed E-state index contributed by atoms with van der Waals surface area (Å²) in [5.41, 5.74) is 5.58. The Morgan fingerprint density at radius 1 is 1.35 bits per heavy atom. The van der Waals surface area contributed by atoms with Crippen LogP contribution in [-0.2, 0) is 4.79 Å². The number of hydrogen-bond acceptors (Lipinski definition) is 2. The zero-order chi connectivity index (χ0) is 12.8. The van der Waals surface area contributed by atoms with E-state index in [1.54, 1.807) is 4.90 Å². The summed E-state index contributed by atoms with van der Waals surface area (Å²) >= 11 is 4.94. The fourth-order valence-corrected chi connectivity index (χ4v) is 2.50. The molecule has 0 aromatic heterocycles. The second kappa shape index (κ2) is 6.94. The van der Waals surface area contributed by atoms with E-state index in [0.717, 1.165) is 12.8 Å². The second-order valence-electron chi connectivity index (χ2n) is 5.21. The molecular weight excluding hydrogens is 232 g/mol. The first-order valence-corrected chi connectivity index (χ1v) is 6.97. The minimum atomic E-state index is 0.102. The van der Waals surface area contributed by atoms with Crippen molar-refractivity contribution in [2.75, 3.05) is 13.6 Å². The van der Waals surface area contributed by atoms with Crippen LogP contribution in [0.25, 0.3) is 0 Å². The number of hydrogen-bond donors (Lipinski definition) is 1. The number of nitrogens with zero attached hydrogens (tertiary/aromatic N) is 1. The van der Waals surface area contributed by atoms with E-state index in [4.69, 9.17) is 18.0 Å². The summed E-state index contributed by atoms with van der Waals surface area (Å²) in [6.45, 7) is 2.61. The molecule has 17 heavy (non-hydrogen) atoms. The Morgan fingerprint density at radius 3 is 2.35 bits per heavy atom. The Labute approximate surface area is 110 Å². The van der Waals surface area contributed by atoms with E-state index >= 15 is 0 Å². The van der Waals surface area contributed by atoms with Gasteiger partial charge in [-0.2, -0.15) is 0 Å². The smallest absolute Gasteiger partial charge is 0.225 e. The molecule has 0 bridgehead atoms. The van der Waals surface area contributed by atoms with Crippen LogP contribution in [0.5, 0.6) is 0 Å². The predicted molar refractivity (Wildman–Crippen MR) is 74.8 cm³/mol. The maximum absolute atomic E-state index is 12.3. The van der Waals surface area contributed by atoms with Crippen LogP contribution in [0.3, 0.4) is 0 Å². The molecule has 0 aromatic rings. The monoisotopic (exact) mass is 256 g/mol. The minimum absolute atomic E-state index is 0.102. The van der Waals surface area contributed by atoms with Gasteiger partial charge in [-0.05, 0) is 12.8 Å². The third-order valence-corrected chi connectivity index (χ3v) is 4.02. The Morgan fingerprint density at radius 2 is 1.88 bits per heavy atom. The van der Waals surface area contributed by atoms with Crippen LogP contribution >= 0.6 is 12.2 Å². The first-order chi connectivity index (χ1) is 8.02. The van der Waals surface area contributed by atoms with E-state index in [-0.39, 0.29) is 17.7 Å². The summed E-state index contributed by atoms with van der Waals surface area (Å²) in [4.78, 5) is 14.5. The van der Waals surface area contributed by atoms with Crippen molar-refractivity contribution in [3.05, 3.63) is 0 Å². The summed E-state index contributed by atoms with van der Waals surface area (Å²) in [6.07, 6.45) is 7.02. The van der Waals surface area contributed by atoms with Crippen LogP contribution in [0.1, 0.15) is 45.4 Å². The van der Waals surface area contributed by atoms with E-state index in [0.29, 0.717) is 11.5 Å². The Balaban J connectivity index is 2.47. The molecular formula is C13H24N2OS. The lowest BCUT2D eigenvalue weighted by Gasteiger charge is -2.25. The average molecular weight is 256 g/mol. The lowest BCUT2D eigenvalue weighted by atomic mass is 9.98. The zero-order valence-electron chi connectivity index (χ0n) is 10.9. The van der Waals surface area contributed by atoms with Crippen LogP contribution < -0.4 is 5.73 Å². The van der Waals surface area contributed by atoms with Crippen LogP contribution in [0.15, 0.2) is 0 Å². The van der Waals surface area contributed by atoms with Gasteiger partial charge in [-0.25, -0.2) is 0 Å². The highest BCUT2D eigenvalue weighted by molar-refractivity contribution is 7.80. The number of thiocarbonyl (C=S) groups is 1. The Hall–Kier alpha value is -0.640. The van der Waals surface area contributed by atoms with Crippen molar-refractivity contribution in [2.45, 2.75) is 45.4 Å². The number of carbonyl (C=O) groups is 1. The van der Waals surface area contributed by atoms with Crippen LogP contribution in [0.4, 0.5) is 0 Å². The molecule has 0 aromatic carbocycles. The molecule has 1 fully saturated rings. The second-order valence-corrected chi connectivity index (χ2v) is 5.68. The number of carbonyl (C=O) groups excluding carboxylic acids is 1. The van der Waals surface area contributed by atoms with E-state index in [2.05, 4.69) is 0 Å². The number of nitrogens with two attached hydrogens (primary N) is 1. The highest BCUT2D eigenvalue weighted by Gasteiger charge is 2.24. The van der Waals surface area contributed by atoms with Crippen molar-refractivity contribution in [3.63, 3.8) is 0 Å². The number of amides is 1. The molecule has 4 heteroatoms. The Kier molecular flexibility index (Phi) is 5.89. The standard InChI is InChI=1S/C13H24N2OS/c1-10(12(14)17)9-15(2)13(16)11-7-5-3-4-6-8-11/h10-11H,3-9H2,1-2H3,(H2,14,17). The zero-order valence-corrected chi connectivity index (χ0v) is 11.8. The molecule has 0 spiro atoms. The molecule has 0 heterocycles. The van der Waals surface area contributed by atoms with Crippen molar-refractivity contribution < 1.29 is 4.79 Å². The molecule has 1 atom stereocenters. The molecule has 98 valence electrons. The minimum Gasteiger partial charge on any atom is -0.393 e. The average Bonchev–Trinajstić information content (AvgIpc) is 2.56. The van der Waals surface area contributed by atoms with Crippen molar-refractivity contribution in [1.82, 2.24) is 4.90 Å². The van der Waals surface area contributed by atoms with Gasteiger partial charge in [0, 0.05) is 25.4 Å². The molecule has 2 N–H and O–H groups in total. The van der Waals surface area contributed by atoms with Gasteiger partial charge in [0.1, 0.15) is 0 Å². The van der Waals surface area contributed by atoms with Crippen molar-refractivity contribution in [2.24, 2.45) is 17.6 Å². The van der Waals surface area contributed by atoms with Gasteiger partial charge in [0.2, 0.25) is 5.91 Å². The predicted octanol–water partition coefficient (Wildman–Crippen LogP) is 2.34. The van der Waals surface area contributed by atoms with Crippen molar-refractivity contribution >= 4 is 23.1 Å². The maximum Gasteiger partial charge on any atom is 0.225 e. The SMILES string of the molecule is CC(CN(C)C(=O)C1CCCCCC1)C(N)=S. The van der Waals surface area contributed by atoms with Crippen molar-refractivity contribution in [3.8, 4) is 0 Å². The molecule has 1 rings (SSSR count). The first-order valence-electron chi connectivity index (χ1n) is 6.56. The molecule has 0 aliphatic heterocycles. The largest absolute Gasteiger partial charge is 0.393 e. The fraction of sp³-hybridized carbons (Fsp3) is 0.846. The van der Waals surface area contributed by atoms with Crippen molar-refractivity contribution in [1.29, 1.82) is 0 Å². The van der Waals surface area contributed by atoms with Gasteiger partial charge < -0.3 is 10.6 Å². The van der Waals surface area contributed by atoms with E-state index < -0.39 is 0 Å². The molecule has 1 aliphatic rings. The van der Waals surface area contributed by atoms with E-state index in [9.17, 15) is 4.79 Å². The van der Waals surface area contributed by atoms with Gasteiger partial charge in [0.15, 0.2) is 0 Å². The van der Waals surface area contributed by atoms with Gasteiger partial charge in [0.25, 0.3) is 0 Å². The highest BCUT2D eigenvalue weighted by Crippen LogP contribution is 2.24. The molecule has 1 aliphatic carbocycles. The van der Waals surface area contributed by atoms with Crippen LogP contribution in [0, 0.1) is 11.8 Å². The summed E-state index contributed by atoms with van der Waals surface area (Å²) in [6, 6.07) is 0. The molecule has 1 saturated carbocycles. The summed E-state index contributed by atoms with van der Waals surface area (Å²) in [7, 11) is 1.86. The van der Waals surface area contributed by atoms with Crippen LogP contribution in [0.2, 0.25) is 0 Å². The molecule has 3 nitrogen and oxygen atoms in total. The van der Waals surface area contributed by atoms with E-state index in [1.165, 1.54) is 25.7 Å². The van der Waals surface area contributed by atoms with Gasteiger partial charge in [-0.15, -0.1) is 0 Å². The summed E-state index contributed by atoms with van der Waals surface area (Å²) in [5.74, 6) is 0.598. The van der Waals surface area contributed by atoms with Gasteiger partial charge >= 0.3 is 0 Å². The van der Waals surface area contributed by atoms with Gasteiger partial charge in [-0.1, -0.05) is 44.8 Å². The lowest BCUT2D eigenvalue weighted by molar-refractivity contribution is -0.134. The molecule has 0 saturated heterocycles. The Bertz CT molecular complexity index is 273. The highest BCUT2D eigenvalue weighted by atomic mass is 32.1. The van der Waals surface area contributed by atoms with Gasteiger partial charge in [0.05, 0.1) is 4.99 Å². The van der Waals surface area contributed by atoms with E-state index in [1.807, 2.05) is 14.0 Å².